The van der Waals surface area contributed by atoms with Crippen molar-refractivity contribution < 1.29 is 0 Å². The maximum Gasteiger partial charge on any atom is 0.0833 e. The van der Waals surface area contributed by atoms with Crippen molar-refractivity contribution in [2.45, 2.75) is 38.1 Å². The van der Waals surface area contributed by atoms with Crippen molar-refractivity contribution in [1.29, 1.82) is 0 Å². The fourth-order valence-electron chi connectivity index (χ4n) is 1.95. The summed E-state index contributed by atoms with van der Waals surface area (Å²) in [6, 6.07) is 0. The van der Waals surface area contributed by atoms with Crippen LogP contribution in [-0.4, -0.2) is 5.54 Å². The van der Waals surface area contributed by atoms with Crippen LogP contribution in [0, 0.1) is 0 Å². The molecule has 2 aliphatic rings. The van der Waals surface area contributed by atoms with Crippen molar-refractivity contribution in [2.75, 3.05) is 0 Å². The lowest BCUT2D eigenvalue weighted by Crippen LogP contribution is -2.21. The number of allylic oxidation sites excluding steroid dienone is 2. The lowest BCUT2D eigenvalue weighted by molar-refractivity contribution is 0.415. The summed E-state index contributed by atoms with van der Waals surface area (Å²) in [6.07, 6.45) is 8.26. The Labute approximate surface area is 78.4 Å². The van der Waals surface area contributed by atoms with Crippen LogP contribution in [0.2, 0.25) is 0 Å². The van der Waals surface area contributed by atoms with Crippen LogP contribution < -0.4 is 5.73 Å². The first kappa shape index (κ1) is 8.48. The average molecular weight is 177 g/mol. The quantitative estimate of drug-likeness (QED) is 0.607. The molecule has 2 N–H and O–H groups in total. The highest BCUT2D eigenvalue weighted by Crippen LogP contribution is 2.34. The molecule has 0 aromatic heterocycles. The van der Waals surface area contributed by atoms with Gasteiger partial charge < -0.3 is 5.73 Å². The van der Waals surface area contributed by atoms with Gasteiger partial charge in [0.25, 0.3) is 0 Å². The zero-order valence-corrected chi connectivity index (χ0v) is 7.95. The van der Waals surface area contributed by atoms with Crippen LogP contribution in [0.15, 0.2) is 33.8 Å². The number of hydrogen-bond acceptors (Lipinski definition) is 3. The van der Waals surface area contributed by atoms with Crippen LogP contribution in [0.4, 0.5) is 0 Å². The van der Waals surface area contributed by atoms with Crippen LogP contribution >= 0.6 is 0 Å². The van der Waals surface area contributed by atoms with Gasteiger partial charge in [0.1, 0.15) is 0 Å². The summed E-state index contributed by atoms with van der Waals surface area (Å²) in [7, 11) is 0. The molecule has 0 aromatic carbocycles. The Hall–Kier alpha value is -1.12. The Morgan fingerprint density at radius 2 is 2.38 bits per heavy atom. The molecule has 0 saturated heterocycles. The fourth-order valence-corrected chi connectivity index (χ4v) is 1.95. The number of hydrogen-bond donors (Lipinski definition) is 1. The largest absolute Gasteiger partial charge is 0.397 e. The van der Waals surface area contributed by atoms with Crippen LogP contribution in [-0.2, 0) is 0 Å². The molecule has 3 heteroatoms. The highest BCUT2D eigenvalue weighted by atomic mass is 15.1. The van der Waals surface area contributed by atoms with Gasteiger partial charge in [-0.2, -0.15) is 10.2 Å². The maximum absolute atomic E-state index is 5.85. The van der Waals surface area contributed by atoms with E-state index in [0.717, 1.165) is 25.0 Å². The molecule has 1 atom stereocenters. The first-order chi connectivity index (χ1) is 6.20. The molecule has 70 valence electrons. The molecule has 0 radical (unpaired) electrons. The van der Waals surface area contributed by atoms with Gasteiger partial charge in [0, 0.05) is 6.42 Å². The number of azo groups is 1. The van der Waals surface area contributed by atoms with Gasteiger partial charge in [-0.25, -0.2) is 0 Å². The highest BCUT2D eigenvalue weighted by Gasteiger charge is 2.28. The summed E-state index contributed by atoms with van der Waals surface area (Å²) >= 11 is 0. The second-order valence-electron chi connectivity index (χ2n) is 4.10. The molecule has 2 rings (SSSR count). The molecule has 0 amide bonds. The third-order valence-corrected chi connectivity index (χ3v) is 2.75. The van der Waals surface area contributed by atoms with Gasteiger partial charge in [0.05, 0.1) is 17.4 Å². The first-order valence-corrected chi connectivity index (χ1v) is 4.77. The van der Waals surface area contributed by atoms with Gasteiger partial charge in [-0.15, -0.1) is 0 Å². The Morgan fingerprint density at radius 3 is 3.23 bits per heavy atom. The predicted molar refractivity (Wildman–Crippen MR) is 52.1 cm³/mol. The minimum absolute atomic E-state index is 0.0139. The lowest BCUT2D eigenvalue weighted by Gasteiger charge is -2.21. The summed E-state index contributed by atoms with van der Waals surface area (Å²) in [5.41, 5.74) is 7.85. The van der Waals surface area contributed by atoms with Crippen LogP contribution in [0.25, 0.3) is 0 Å². The molecule has 0 saturated carbocycles. The second-order valence-corrected chi connectivity index (χ2v) is 4.10. The molecule has 2 bridgehead atoms. The first-order valence-electron chi connectivity index (χ1n) is 4.77. The monoisotopic (exact) mass is 177 g/mol. The molecule has 13 heavy (non-hydrogen) atoms. The van der Waals surface area contributed by atoms with Gasteiger partial charge in [0.15, 0.2) is 0 Å². The van der Waals surface area contributed by atoms with E-state index in [2.05, 4.69) is 23.2 Å². The SMILES string of the molecule is CC12CCCC=C(C1)C(N)=CN=N2. The maximum atomic E-state index is 5.85. The Kier molecular flexibility index (Phi) is 1.94. The molecule has 1 aliphatic heterocycles. The summed E-state index contributed by atoms with van der Waals surface area (Å²) < 4.78 is 0. The highest BCUT2D eigenvalue weighted by molar-refractivity contribution is 5.31. The summed E-state index contributed by atoms with van der Waals surface area (Å²) in [4.78, 5) is 0. The van der Waals surface area contributed by atoms with E-state index in [4.69, 9.17) is 5.73 Å². The van der Waals surface area contributed by atoms with E-state index in [0.29, 0.717) is 0 Å². The molecule has 1 heterocycles. The second kappa shape index (κ2) is 2.98. The van der Waals surface area contributed by atoms with Crippen LogP contribution in [0.5, 0.6) is 0 Å². The number of rotatable bonds is 0. The summed E-state index contributed by atoms with van der Waals surface area (Å²) in [6.45, 7) is 2.15. The molecule has 0 spiro atoms. The number of fused-ring (bicyclic) bond motifs is 2. The van der Waals surface area contributed by atoms with E-state index >= 15 is 0 Å². The van der Waals surface area contributed by atoms with Gasteiger partial charge in [-0.05, 0) is 31.8 Å². The van der Waals surface area contributed by atoms with Gasteiger partial charge in [-0.3, -0.25) is 0 Å². The van der Waals surface area contributed by atoms with Crippen molar-refractivity contribution in [3.63, 3.8) is 0 Å². The van der Waals surface area contributed by atoms with Crippen molar-refractivity contribution in [1.82, 2.24) is 0 Å². The van der Waals surface area contributed by atoms with E-state index in [9.17, 15) is 0 Å². The Bertz CT molecular complexity index is 301. The van der Waals surface area contributed by atoms with Crippen molar-refractivity contribution >= 4 is 0 Å². The van der Waals surface area contributed by atoms with Crippen LogP contribution in [0.1, 0.15) is 32.6 Å². The molecular formula is C10H15N3. The van der Waals surface area contributed by atoms with Crippen molar-refractivity contribution in [3.05, 3.63) is 23.5 Å². The Morgan fingerprint density at radius 1 is 1.54 bits per heavy atom. The molecule has 1 unspecified atom stereocenters. The lowest BCUT2D eigenvalue weighted by atomic mass is 9.91. The predicted octanol–water partition coefficient (Wildman–Crippen LogP) is 2.51. The van der Waals surface area contributed by atoms with Crippen LogP contribution in [0.3, 0.4) is 0 Å². The molecule has 0 fully saturated rings. The smallest absolute Gasteiger partial charge is 0.0833 e. The average Bonchev–Trinajstić information content (AvgIpc) is 2.34. The van der Waals surface area contributed by atoms with E-state index in [1.54, 1.807) is 6.20 Å². The summed E-state index contributed by atoms with van der Waals surface area (Å²) in [5.74, 6) is 0. The van der Waals surface area contributed by atoms with Gasteiger partial charge >= 0.3 is 0 Å². The molecule has 3 nitrogen and oxygen atoms in total. The minimum atomic E-state index is -0.0139. The van der Waals surface area contributed by atoms with E-state index in [-0.39, 0.29) is 5.54 Å². The van der Waals surface area contributed by atoms with Gasteiger partial charge in [0.2, 0.25) is 0 Å². The van der Waals surface area contributed by atoms with E-state index in [1.165, 1.54) is 12.0 Å². The number of nitrogens with zero attached hydrogens (tertiary/aromatic N) is 2. The minimum Gasteiger partial charge on any atom is -0.397 e. The van der Waals surface area contributed by atoms with Gasteiger partial charge in [-0.1, -0.05) is 6.08 Å². The zero-order valence-electron chi connectivity index (χ0n) is 7.95. The topological polar surface area (TPSA) is 50.7 Å². The fraction of sp³-hybridized carbons (Fsp3) is 0.600. The third kappa shape index (κ3) is 1.64. The van der Waals surface area contributed by atoms with Crippen molar-refractivity contribution in [3.8, 4) is 0 Å². The molecular weight excluding hydrogens is 162 g/mol. The van der Waals surface area contributed by atoms with Crippen molar-refractivity contribution in [2.24, 2.45) is 16.0 Å². The zero-order chi connectivity index (χ0) is 9.31. The normalized spacial score (nSPS) is 33.0. The molecule has 1 aliphatic carbocycles. The van der Waals surface area contributed by atoms with E-state index in [1.807, 2.05) is 0 Å². The summed E-state index contributed by atoms with van der Waals surface area (Å²) in [5, 5.41) is 8.32. The number of nitrogens with two attached hydrogens (primary N) is 1. The standard InChI is InChI=1S/C10H15N3/c1-10-5-3-2-4-8(6-10)9(11)7-12-13-10/h4,7H,2-3,5-6,11H2,1H3. The third-order valence-electron chi connectivity index (χ3n) is 2.75. The van der Waals surface area contributed by atoms with E-state index < -0.39 is 0 Å². The Balaban J connectivity index is 2.38. The molecule has 0 aromatic rings.